The molecule has 3 fully saturated rings. The molecule has 0 unspecified atom stereocenters. The van der Waals surface area contributed by atoms with Gasteiger partial charge in [0, 0.05) is 0 Å². The topological polar surface area (TPSA) is 120 Å². The van der Waals surface area contributed by atoms with E-state index in [0.29, 0.717) is 13.2 Å². The van der Waals surface area contributed by atoms with E-state index < -0.39 is 81.6 Å². The van der Waals surface area contributed by atoms with Gasteiger partial charge in [0.15, 0.2) is 26.7 Å². The Bertz CT molecular complexity index is 2680. The summed E-state index contributed by atoms with van der Waals surface area (Å²) in [4.78, 5) is 0. The minimum absolute atomic E-state index is 0.0876. The molecule has 0 spiro atoms. The Morgan fingerprint density at radius 2 is 0.787 bits per heavy atom. The standard InChI is InChI=1S/C66H82O13Si/c1-65(2,3)80(6,7)75-47-56-58(69-40-50-30-18-10-19-31-50)60(71-42-52-34-22-12-23-35-52)62(63(76-56)73-44-54-45-74-66(4,5)79-54)78-64-61(72-43-53-36-24-13-25-37-53)59(70-41-51-32-20-11-21-33-51)57(68-39-49-28-16-9-17-29-49)55(77-64)46-67-38-48-26-14-8-15-27-48/h8-37,54-64H,38-47H2,1-7H3/t54-,55+,56+,57+,58+,59-,60-,61+,62+,63+,64+/m0/s1. The van der Waals surface area contributed by atoms with Crippen LogP contribution in [0.3, 0.4) is 0 Å². The maximum absolute atomic E-state index is 7.62. The second kappa shape index (κ2) is 28.8. The van der Waals surface area contributed by atoms with E-state index in [1.807, 2.05) is 196 Å². The maximum atomic E-state index is 7.62. The zero-order valence-corrected chi connectivity index (χ0v) is 48.5. The Hall–Kier alpha value is -4.98. The molecule has 14 heteroatoms. The molecular weight excluding hydrogens is 1030 g/mol. The van der Waals surface area contributed by atoms with E-state index in [4.69, 9.17) is 61.3 Å². The largest absolute Gasteiger partial charge is 0.414 e. The number of benzene rings is 6. The highest BCUT2D eigenvalue weighted by atomic mass is 28.4. The number of ether oxygens (including phenoxy) is 12. The van der Waals surface area contributed by atoms with Gasteiger partial charge in [-0.15, -0.1) is 0 Å². The van der Waals surface area contributed by atoms with Crippen LogP contribution in [0.2, 0.25) is 18.1 Å². The van der Waals surface area contributed by atoms with Gasteiger partial charge in [0.1, 0.15) is 54.9 Å². The van der Waals surface area contributed by atoms with Crippen molar-refractivity contribution in [3.05, 3.63) is 215 Å². The number of hydrogen-bond donors (Lipinski definition) is 0. The van der Waals surface area contributed by atoms with Gasteiger partial charge in [-0.1, -0.05) is 203 Å². The quantitative estimate of drug-likeness (QED) is 0.0456. The summed E-state index contributed by atoms with van der Waals surface area (Å²) >= 11 is 0. The van der Waals surface area contributed by atoms with Crippen LogP contribution in [0, 0.1) is 0 Å². The van der Waals surface area contributed by atoms with E-state index in [2.05, 4.69) is 33.9 Å². The molecule has 0 radical (unpaired) electrons. The van der Waals surface area contributed by atoms with Gasteiger partial charge in [0.2, 0.25) is 0 Å². The molecule has 0 bridgehead atoms. The third-order valence-electron chi connectivity index (χ3n) is 15.2. The van der Waals surface area contributed by atoms with Crippen molar-refractivity contribution in [2.75, 3.05) is 26.4 Å². The van der Waals surface area contributed by atoms with Crippen LogP contribution in [0.1, 0.15) is 68.0 Å². The highest BCUT2D eigenvalue weighted by Crippen LogP contribution is 2.40. The highest BCUT2D eigenvalue weighted by Gasteiger charge is 2.55. The smallest absolute Gasteiger partial charge is 0.192 e. The van der Waals surface area contributed by atoms with E-state index in [9.17, 15) is 0 Å². The van der Waals surface area contributed by atoms with Crippen LogP contribution in [-0.2, 0) is 101 Å². The highest BCUT2D eigenvalue weighted by molar-refractivity contribution is 6.74. The molecule has 428 valence electrons. The maximum Gasteiger partial charge on any atom is 0.192 e. The van der Waals surface area contributed by atoms with Crippen LogP contribution in [0.4, 0.5) is 0 Å². The summed E-state index contributed by atoms with van der Waals surface area (Å²) in [5, 5.41) is -0.0876. The van der Waals surface area contributed by atoms with Crippen LogP contribution in [-0.4, -0.2) is 108 Å². The van der Waals surface area contributed by atoms with Gasteiger partial charge in [0.25, 0.3) is 0 Å². The average Bonchev–Trinajstić information content (AvgIpc) is 3.98. The minimum Gasteiger partial charge on any atom is -0.414 e. The van der Waals surface area contributed by atoms with Gasteiger partial charge >= 0.3 is 0 Å². The lowest BCUT2D eigenvalue weighted by Crippen LogP contribution is -2.66. The first-order chi connectivity index (χ1) is 38.8. The zero-order valence-electron chi connectivity index (χ0n) is 47.5. The normalized spacial score (nSPS) is 26.1. The van der Waals surface area contributed by atoms with Gasteiger partial charge in [-0.2, -0.15) is 0 Å². The third-order valence-corrected chi connectivity index (χ3v) is 19.7. The Morgan fingerprint density at radius 1 is 0.425 bits per heavy atom. The van der Waals surface area contributed by atoms with E-state index in [0.717, 1.165) is 33.4 Å². The van der Waals surface area contributed by atoms with Crippen LogP contribution in [0.15, 0.2) is 182 Å². The molecule has 6 aromatic rings. The Morgan fingerprint density at radius 3 is 1.19 bits per heavy atom. The molecule has 9 rings (SSSR count). The van der Waals surface area contributed by atoms with Crippen molar-refractivity contribution in [2.24, 2.45) is 0 Å². The fraction of sp³-hybridized carbons (Fsp3) is 0.455. The minimum atomic E-state index is -2.35. The fourth-order valence-electron chi connectivity index (χ4n) is 9.78. The predicted octanol–water partition coefficient (Wildman–Crippen LogP) is 12.2. The molecule has 0 aliphatic carbocycles. The molecular formula is C66H82O13Si. The first-order valence-electron chi connectivity index (χ1n) is 28.2. The van der Waals surface area contributed by atoms with Crippen molar-refractivity contribution in [3.8, 4) is 0 Å². The van der Waals surface area contributed by atoms with Crippen molar-refractivity contribution in [2.45, 2.75) is 166 Å². The van der Waals surface area contributed by atoms with E-state index in [-0.39, 0.29) is 57.9 Å². The summed E-state index contributed by atoms with van der Waals surface area (Å²) < 4.78 is 90.9. The molecule has 6 aromatic carbocycles. The average molecular weight is 1110 g/mol. The monoisotopic (exact) mass is 1110 g/mol. The molecule has 0 N–H and O–H groups in total. The first-order valence-corrected chi connectivity index (χ1v) is 31.1. The van der Waals surface area contributed by atoms with Gasteiger partial charge < -0.3 is 61.3 Å². The molecule has 80 heavy (non-hydrogen) atoms. The Kier molecular flexibility index (Phi) is 21.5. The van der Waals surface area contributed by atoms with E-state index in [1.165, 1.54) is 0 Å². The van der Waals surface area contributed by atoms with Crippen molar-refractivity contribution in [3.63, 3.8) is 0 Å². The lowest BCUT2D eigenvalue weighted by Gasteiger charge is -2.50. The summed E-state index contributed by atoms with van der Waals surface area (Å²) in [5.41, 5.74) is 5.89. The van der Waals surface area contributed by atoms with Gasteiger partial charge in [-0.25, -0.2) is 0 Å². The van der Waals surface area contributed by atoms with Crippen molar-refractivity contribution in [1.29, 1.82) is 0 Å². The first kappa shape index (κ1) is 59.6. The summed E-state index contributed by atoms with van der Waals surface area (Å²) in [6.45, 7) is 17.3. The number of hydrogen-bond acceptors (Lipinski definition) is 13. The molecule has 0 aromatic heterocycles. The summed E-state index contributed by atoms with van der Waals surface area (Å²) in [6, 6.07) is 60.5. The Labute approximate surface area is 475 Å². The SMILES string of the molecule is CC1(C)OC[C@H](CO[C@@H]2O[C@H](CO[Si](C)(C)C(C)(C)C)[C@@H](OCc3ccccc3)[C@H](OCc3ccccc3)[C@H]2O[C@H]2O[C@H](COCc3ccccc3)[C@@H](OCc3ccccc3)[C@H](OCc3ccccc3)[C@H]2OCc2ccccc2)O1. The molecule has 3 heterocycles. The molecule has 13 nitrogen and oxygen atoms in total. The van der Waals surface area contributed by atoms with Crippen molar-refractivity contribution >= 4 is 8.32 Å². The fourth-order valence-corrected chi connectivity index (χ4v) is 10.8. The predicted molar refractivity (Wildman–Crippen MR) is 307 cm³/mol. The van der Waals surface area contributed by atoms with Gasteiger partial charge in [-0.05, 0) is 65.4 Å². The van der Waals surface area contributed by atoms with Crippen LogP contribution < -0.4 is 0 Å². The summed E-state index contributed by atoms with van der Waals surface area (Å²) in [5.74, 6) is -0.792. The van der Waals surface area contributed by atoms with Gasteiger partial charge in [0.05, 0.1) is 66.1 Å². The third kappa shape index (κ3) is 17.1. The molecule has 3 aliphatic rings. The molecule has 11 atom stereocenters. The second-order valence-corrected chi connectivity index (χ2v) is 27.7. The zero-order chi connectivity index (χ0) is 55.8. The summed E-state index contributed by atoms with van der Waals surface area (Å²) in [7, 11) is -2.35. The van der Waals surface area contributed by atoms with Gasteiger partial charge in [-0.3, -0.25) is 0 Å². The van der Waals surface area contributed by atoms with E-state index >= 15 is 0 Å². The van der Waals surface area contributed by atoms with Crippen LogP contribution in [0.5, 0.6) is 0 Å². The van der Waals surface area contributed by atoms with Crippen LogP contribution in [0.25, 0.3) is 0 Å². The molecule has 0 amide bonds. The van der Waals surface area contributed by atoms with Crippen molar-refractivity contribution in [1.82, 2.24) is 0 Å². The van der Waals surface area contributed by atoms with Crippen molar-refractivity contribution < 1.29 is 61.3 Å². The molecule has 3 saturated heterocycles. The van der Waals surface area contributed by atoms with Crippen LogP contribution >= 0.6 is 0 Å². The lowest BCUT2D eigenvalue weighted by atomic mass is 9.96. The molecule has 0 saturated carbocycles. The Balaban J connectivity index is 1.14. The lowest BCUT2D eigenvalue weighted by molar-refractivity contribution is -0.384. The summed E-state index contributed by atoms with van der Waals surface area (Å²) in [6.07, 6.45) is -9.04. The second-order valence-electron chi connectivity index (χ2n) is 22.8. The molecule has 3 aliphatic heterocycles. The van der Waals surface area contributed by atoms with E-state index in [1.54, 1.807) is 0 Å². The number of rotatable bonds is 27.